The van der Waals surface area contributed by atoms with Crippen molar-refractivity contribution in [3.63, 3.8) is 0 Å². The Morgan fingerprint density at radius 3 is 2.32 bits per heavy atom. The average molecular weight is 285 g/mol. The molecule has 1 aliphatic rings. The van der Waals surface area contributed by atoms with Crippen molar-refractivity contribution in [3.05, 3.63) is 29.8 Å². The van der Waals surface area contributed by atoms with Gasteiger partial charge in [0.2, 0.25) is 0 Å². The van der Waals surface area contributed by atoms with E-state index < -0.39 is 31.1 Å². The third-order valence-electron chi connectivity index (χ3n) is 3.43. The highest BCUT2D eigenvalue weighted by molar-refractivity contribution is 7.93. The molecule has 1 fully saturated rings. The summed E-state index contributed by atoms with van der Waals surface area (Å²) in [6.07, 6.45) is 0.240. The van der Waals surface area contributed by atoms with E-state index in [4.69, 9.17) is 0 Å². The van der Waals surface area contributed by atoms with Crippen LogP contribution in [0.4, 0.5) is 8.78 Å². The van der Waals surface area contributed by atoms with E-state index >= 15 is 0 Å². The molecule has 1 aromatic rings. The van der Waals surface area contributed by atoms with Crippen LogP contribution in [0, 0.1) is 28.4 Å². The molecule has 0 N–H and O–H groups in total. The van der Waals surface area contributed by atoms with Crippen LogP contribution in [-0.4, -0.2) is 13.2 Å². The predicted octanol–water partition coefficient (Wildman–Crippen LogP) is 2.82. The van der Waals surface area contributed by atoms with Gasteiger partial charge in [-0.15, -0.1) is 0 Å². The molecule has 3 nitrogen and oxygen atoms in total. The molecule has 6 heteroatoms. The fraction of sp³-hybridized carbons (Fsp3) is 0.462. The first-order valence-electron chi connectivity index (χ1n) is 5.75. The first-order valence-corrected chi connectivity index (χ1v) is 7.23. The molecule has 0 atom stereocenters. The van der Waals surface area contributed by atoms with E-state index in [0.717, 1.165) is 12.1 Å². The van der Waals surface area contributed by atoms with Crippen LogP contribution in [0.5, 0.6) is 0 Å². The summed E-state index contributed by atoms with van der Waals surface area (Å²) in [4.78, 5) is -0.732. The number of hydrogen-bond acceptors (Lipinski definition) is 3. The second-order valence-electron chi connectivity index (χ2n) is 5.70. The van der Waals surface area contributed by atoms with Gasteiger partial charge in [0.05, 0.1) is 6.07 Å². The van der Waals surface area contributed by atoms with Crippen molar-refractivity contribution < 1.29 is 17.2 Å². The molecule has 0 aliphatic heterocycles. The standard InChI is InChI=1S/C13H13F2NO2S/c1-12(2)6-13(7-12,8-16)19(17,18)11-5-9(14)3-4-10(11)15/h3-5H,6-7H2,1-2H3. The van der Waals surface area contributed by atoms with Crippen molar-refractivity contribution in [2.24, 2.45) is 5.41 Å². The second kappa shape index (κ2) is 4.01. The molecule has 0 radical (unpaired) electrons. The lowest BCUT2D eigenvalue weighted by Crippen LogP contribution is -2.53. The summed E-state index contributed by atoms with van der Waals surface area (Å²) in [7, 11) is -4.21. The summed E-state index contributed by atoms with van der Waals surface area (Å²) in [5.74, 6) is -1.87. The van der Waals surface area contributed by atoms with E-state index in [1.165, 1.54) is 0 Å². The topological polar surface area (TPSA) is 57.9 Å². The fourth-order valence-electron chi connectivity index (χ4n) is 2.72. The van der Waals surface area contributed by atoms with Gasteiger partial charge >= 0.3 is 0 Å². The predicted molar refractivity (Wildman–Crippen MR) is 64.9 cm³/mol. The summed E-state index contributed by atoms with van der Waals surface area (Å²) in [5.41, 5.74) is -0.285. The van der Waals surface area contributed by atoms with Crippen molar-refractivity contribution in [2.75, 3.05) is 0 Å². The van der Waals surface area contributed by atoms with Crippen LogP contribution in [0.3, 0.4) is 0 Å². The van der Waals surface area contributed by atoms with Crippen LogP contribution in [0.15, 0.2) is 23.1 Å². The molecule has 0 aromatic heterocycles. The summed E-state index contributed by atoms with van der Waals surface area (Å²) < 4.78 is 49.9. The smallest absolute Gasteiger partial charge is 0.200 e. The Balaban J connectivity index is 2.55. The molecule has 0 bridgehead atoms. The first-order chi connectivity index (χ1) is 8.63. The van der Waals surface area contributed by atoms with E-state index in [2.05, 4.69) is 0 Å². The Morgan fingerprint density at radius 2 is 1.84 bits per heavy atom. The van der Waals surface area contributed by atoms with Gasteiger partial charge in [-0.25, -0.2) is 17.2 Å². The molecule has 1 saturated carbocycles. The third-order valence-corrected chi connectivity index (χ3v) is 5.73. The van der Waals surface area contributed by atoms with Crippen LogP contribution in [0.25, 0.3) is 0 Å². The Morgan fingerprint density at radius 1 is 1.26 bits per heavy atom. The van der Waals surface area contributed by atoms with Gasteiger partial charge in [0.25, 0.3) is 0 Å². The quantitative estimate of drug-likeness (QED) is 0.839. The highest BCUT2D eigenvalue weighted by Gasteiger charge is 2.59. The minimum atomic E-state index is -4.21. The molecule has 102 valence electrons. The third kappa shape index (κ3) is 2.02. The van der Waals surface area contributed by atoms with Crippen molar-refractivity contribution in [2.45, 2.75) is 36.3 Å². The van der Waals surface area contributed by atoms with Crippen LogP contribution in [0.1, 0.15) is 26.7 Å². The summed E-state index contributed by atoms with van der Waals surface area (Å²) in [5, 5.41) is 9.18. The molecular formula is C13H13F2NO2S. The molecule has 19 heavy (non-hydrogen) atoms. The summed E-state index contributed by atoms with van der Waals surface area (Å²) >= 11 is 0. The van der Waals surface area contributed by atoms with Gasteiger partial charge in [0, 0.05) is 0 Å². The summed E-state index contributed by atoms with van der Waals surface area (Å²) in [6, 6.07) is 4.02. The Labute approximate surface area is 110 Å². The van der Waals surface area contributed by atoms with Crippen molar-refractivity contribution in [1.82, 2.24) is 0 Å². The highest BCUT2D eigenvalue weighted by atomic mass is 32.2. The van der Waals surface area contributed by atoms with Gasteiger partial charge in [-0.05, 0) is 36.5 Å². The van der Waals surface area contributed by atoms with Crippen molar-refractivity contribution >= 4 is 9.84 Å². The van der Waals surface area contributed by atoms with Crippen molar-refractivity contribution in [1.29, 1.82) is 5.26 Å². The monoisotopic (exact) mass is 285 g/mol. The molecular weight excluding hydrogens is 272 g/mol. The lowest BCUT2D eigenvalue weighted by Gasteiger charge is -2.47. The molecule has 1 aromatic carbocycles. The minimum absolute atomic E-state index is 0.120. The van der Waals surface area contributed by atoms with Crippen LogP contribution >= 0.6 is 0 Å². The van der Waals surface area contributed by atoms with E-state index in [0.29, 0.717) is 6.07 Å². The maximum atomic E-state index is 13.6. The number of sulfone groups is 1. The lowest BCUT2D eigenvalue weighted by atomic mass is 9.64. The van der Waals surface area contributed by atoms with Gasteiger partial charge in [-0.3, -0.25) is 0 Å². The zero-order valence-electron chi connectivity index (χ0n) is 10.6. The lowest BCUT2D eigenvalue weighted by molar-refractivity contribution is 0.153. The van der Waals surface area contributed by atoms with E-state index in [9.17, 15) is 22.5 Å². The minimum Gasteiger partial charge on any atom is -0.222 e. The molecule has 0 unspecified atom stereocenters. The van der Waals surface area contributed by atoms with Gasteiger partial charge in [0.15, 0.2) is 14.6 Å². The maximum Gasteiger partial charge on any atom is 0.200 e. The van der Waals surface area contributed by atoms with Crippen LogP contribution in [0.2, 0.25) is 0 Å². The maximum absolute atomic E-state index is 13.6. The molecule has 0 heterocycles. The fourth-order valence-corrected chi connectivity index (χ4v) is 5.01. The van der Waals surface area contributed by atoms with Gasteiger partial charge in [0.1, 0.15) is 16.5 Å². The zero-order chi connectivity index (χ0) is 14.5. The number of halogens is 2. The number of nitrogens with zero attached hydrogens (tertiary/aromatic N) is 1. The Hall–Kier alpha value is -1.48. The molecule has 0 amide bonds. The van der Waals surface area contributed by atoms with Gasteiger partial charge in [-0.1, -0.05) is 13.8 Å². The summed E-state index contributed by atoms with van der Waals surface area (Å²) in [6.45, 7) is 3.67. The zero-order valence-corrected chi connectivity index (χ0v) is 11.4. The highest BCUT2D eigenvalue weighted by Crippen LogP contribution is 2.53. The number of hydrogen-bond donors (Lipinski definition) is 0. The largest absolute Gasteiger partial charge is 0.222 e. The SMILES string of the molecule is CC1(C)CC(C#N)(S(=O)(=O)c2cc(F)ccc2F)C1. The molecule has 0 spiro atoms. The average Bonchev–Trinajstić information content (AvgIpc) is 2.28. The number of nitriles is 1. The number of benzene rings is 1. The van der Waals surface area contributed by atoms with E-state index in [-0.39, 0.29) is 18.3 Å². The van der Waals surface area contributed by atoms with E-state index in [1.807, 2.05) is 13.8 Å². The van der Waals surface area contributed by atoms with Crippen LogP contribution < -0.4 is 0 Å². The molecule has 0 saturated heterocycles. The van der Waals surface area contributed by atoms with Crippen molar-refractivity contribution in [3.8, 4) is 6.07 Å². The Bertz CT molecular complexity index is 666. The number of rotatable bonds is 2. The van der Waals surface area contributed by atoms with Crippen LogP contribution in [-0.2, 0) is 9.84 Å². The van der Waals surface area contributed by atoms with Gasteiger partial charge < -0.3 is 0 Å². The normalized spacial score (nSPS) is 20.4. The first kappa shape index (κ1) is 13.9. The van der Waals surface area contributed by atoms with E-state index in [1.54, 1.807) is 6.07 Å². The van der Waals surface area contributed by atoms with Gasteiger partial charge in [-0.2, -0.15) is 5.26 Å². The second-order valence-corrected chi connectivity index (χ2v) is 7.93. The molecule has 2 rings (SSSR count). The Kier molecular flexibility index (Phi) is 2.94. The molecule has 1 aliphatic carbocycles.